The molecule has 1 unspecified atom stereocenters. The topological polar surface area (TPSA) is 26.0 Å². The second-order valence-electron chi connectivity index (χ2n) is 3.70. The van der Waals surface area contributed by atoms with Crippen LogP contribution in [0.5, 0.6) is 0 Å². The van der Waals surface area contributed by atoms with Gasteiger partial charge in [-0.05, 0) is 24.0 Å². The van der Waals surface area contributed by atoms with E-state index >= 15 is 0 Å². The molecular weight excluding hydrogens is 182 g/mol. The average molecular weight is 201 g/mol. The van der Waals surface area contributed by atoms with Crippen molar-refractivity contribution in [2.75, 3.05) is 0 Å². The van der Waals surface area contributed by atoms with Gasteiger partial charge in [0.25, 0.3) is 0 Å². The fraction of sp³-hybridized carbons (Fsp3) is 0.357. The molecule has 0 saturated heterocycles. The predicted octanol–water partition coefficient (Wildman–Crippen LogP) is 3.37. The highest BCUT2D eigenvalue weighted by Gasteiger charge is 2.28. The summed E-state index contributed by atoms with van der Waals surface area (Å²) in [7, 11) is 0. The molecule has 2 N–H and O–H groups in total. The Morgan fingerprint density at radius 3 is 2.33 bits per heavy atom. The first kappa shape index (κ1) is 11.8. The third-order valence-corrected chi connectivity index (χ3v) is 2.95. The standard InChI is InChI=1S/C14H19N/c1-4-12(5-2)14(15,6-3)13-10-8-7-9-11-13/h7-11H,1,5-6,15H2,2-3H3. The van der Waals surface area contributed by atoms with Gasteiger partial charge in [-0.3, -0.25) is 0 Å². The molecule has 1 rings (SSSR count). The van der Waals surface area contributed by atoms with E-state index in [0.717, 1.165) is 24.0 Å². The Kier molecular flexibility index (Phi) is 3.90. The van der Waals surface area contributed by atoms with Crippen molar-refractivity contribution >= 4 is 0 Å². The van der Waals surface area contributed by atoms with Crippen LogP contribution in [0.25, 0.3) is 0 Å². The SMILES string of the molecule is C=C=C(CC)C(N)(CC)c1ccccc1. The van der Waals surface area contributed by atoms with Crippen LogP contribution in [0.3, 0.4) is 0 Å². The van der Waals surface area contributed by atoms with Gasteiger partial charge in [-0.2, -0.15) is 0 Å². The van der Waals surface area contributed by atoms with E-state index in [1.807, 2.05) is 18.2 Å². The van der Waals surface area contributed by atoms with Gasteiger partial charge in [-0.25, -0.2) is 0 Å². The molecule has 0 spiro atoms. The van der Waals surface area contributed by atoms with Gasteiger partial charge in [0, 0.05) is 0 Å². The first-order valence-corrected chi connectivity index (χ1v) is 5.42. The van der Waals surface area contributed by atoms with Crippen molar-refractivity contribution in [1.82, 2.24) is 0 Å². The Labute approximate surface area is 92.3 Å². The van der Waals surface area contributed by atoms with Gasteiger partial charge in [-0.15, -0.1) is 5.73 Å². The first-order chi connectivity index (χ1) is 7.19. The highest BCUT2D eigenvalue weighted by Crippen LogP contribution is 2.31. The van der Waals surface area contributed by atoms with Crippen LogP contribution in [0.4, 0.5) is 0 Å². The van der Waals surface area contributed by atoms with Crippen LogP contribution in [0, 0.1) is 0 Å². The number of nitrogens with two attached hydrogens (primary N) is 1. The molecule has 1 aromatic carbocycles. The van der Waals surface area contributed by atoms with E-state index in [9.17, 15) is 0 Å². The molecule has 0 aliphatic carbocycles. The monoisotopic (exact) mass is 201 g/mol. The molecule has 0 saturated carbocycles. The Morgan fingerprint density at radius 1 is 1.33 bits per heavy atom. The second-order valence-corrected chi connectivity index (χ2v) is 3.70. The van der Waals surface area contributed by atoms with Crippen molar-refractivity contribution in [3.05, 3.63) is 53.8 Å². The normalized spacial score (nSPS) is 14.1. The van der Waals surface area contributed by atoms with Crippen LogP contribution in [-0.2, 0) is 5.54 Å². The summed E-state index contributed by atoms with van der Waals surface area (Å²) in [5, 5.41) is 0. The van der Waals surface area contributed by atoms with Gasteiger partial charge in [0.15, 0.2) is 0 Å². The molecular formula is C14H19N. The largest absolute Gasteiger partial charge is 0.317 e. The van der Waals surface area contributed by atoms with Crippen molar-refractivity contribution in [2.24, 2.45) is 5.73 Å². The summed E-state index contributed by atoms with van der Waals surface area (Å²) in [4.78, 5) is 0. The molecule has 0 aliphatic heterocycles. The Hall–Kier alpha value is -1.30. The van der Waals surface area contributed by atoms with Crippen molar-refractivity contribution in [3.8, 4) is 0 Å². The van der Waals surface area contributed by atoms with Gasteiger partial charge < -0.3 is 5.73 Å². The van der Waals surface area contributed by atoms with Crippen LogP contribution in [-0.4, -0.2) is 0 Å². The van der Waals surface area contributed by atoms with E-state index in [1.54, 1.807) is 0 Å². The van der Waals surface area contributed by atoms with Crippen LogP contribution in [0.2, 0.25) is 0 Å². The van der Waals surface area contributed by atoms with Crippen LogP contribution >= 0.6 is 0 Å². The maximum absolute atomic E-state index is 6.44. The van der Waals surface area contributed by atoms with E-state index in [0.29, 0.717) is 0 Å². The molecule has 0 heterocycles. The summed E-state index contributed by atoms with van der Waals surface area (Å²) < 4.78 is 0. The molecule has 1 atom stereocenters. The molecule has 0 amide bonds. The van der Waals surface area contributed by atoms with E-state index in [1.165, 1.54) is 0 Å². The minimum Gasteiger partial charge on any atom is -0.317 e. The smallest absolute Gasteiger partial charge is 0.0696 e. The van der Waals surface area contributed by atoms with Gasteiger partial charge in [0.1, 0.15) is 0 Å². The molecule has 1 heteroatoms. The minimum absolute atomic E-state index is 0.405. The quantitative estimate of drug-likeness (QED) is 0.743. The summed E-state index contributed by atoms with van der Waals surface area (Å²) >= 11 is 0. The molecule has 1 nitrogen and oxygen atoms in total. The van der Waals surface area contributed by atoms with Crippen molar-refractivity contribution in [2.45, 2.75) is 32.2 Å². The number of benzene rings is 1. The van der Waals surface area contributed by atoms with Gasteiger partial charge in [0.2, 0.25) is 0 Å². The molecule has 0 radical (unpaired) electrons. The maximum Gasteiger partial charge on any atom is 0.0696 e. The third kappa shape index (κ3) is 2.20. The summed E-state index contributed by atoms with van der Waals surface area (Å²) in [6.07, 6.45) is 1.76. The van der Waals surface area contributed by atoms with E-state index in [-0.39, 0.29) is 0 Å². The summed E-state index contributed by atoms with van der Waals surface area (Å²) in [5.41, 5.74) is 11.2. The lowest BCUT2D eigenvalue weighted by Gasteiger charge is -2.30. The molecule has 0 fully saturated rings. The van der Waals surface area contributed by atoms with Crippen molar-refractivity contribution < 1.29 is 0 Å². The number of hydrogen-bond donors (Lipinski definition) is 1. The predicted molar refractivity (Wildman–Crippen MR) is 65.5 cm³/mol. The molecule has 15 heavy (non-hydrogen) atoms. The van der Waals surface area contributed by atoms with Crippen LogP contribution in [0.1, 0.15) is 32.3 Å². The first-order valence-electron chi connectivity index (χ1n) is 5.42. The van der Waals surface area contributed by atoms with Gasteiger partial charge in [-0.1, -0.05) is 50.8 Å². The highest BCUT2D eigenvalue weighted by molar-refractivity contribution is 5.34. The zero-order valence-electron chi connectivity index (χ0n) is 9.59. The summed E-state index contributed by atoms with van der Waals surface area (Å²) in [6, 6.07) is 10.2. The minimum atomic E-state index is -0.405. The maximum atomic E-state index is 6.44. The second kappa shape index (κ2) is 4.97. The van der Waals surface area contributed by atoms with Crippen molar-refractivity contribution in [1.29, 1.82) is 0 Å². The fourth-order valence-electron chi connectivity index (χ4n) is 1.93. The lowest BCUT2D eigenvalue weighted by Crippen LogP contribution is -2.37. The fourth-order valence-corrected chi connectivity index (χ4v) is 1.93. The number of rotatable bonds is 4. The Morgan fingerprint density at radius 2 is 1.93 bits per heavy atom. The highest BCUT2D eigenvalue weighted by atomic mass is 14.7. The zero-order chi connectivity index (χ0) is 11.3. The van der Waals surface area contributed by atoms with Gasteiger partial charge >= 0.3 is 0 Å². The van der Waals surface area contributed by atoms with E-state index in [2.05, 4.69) is 38.3 Å². The van der Waals surface area contributed by atoms with Crippen LogP contribution in [0.15, 0.2) is 48.2 Å². The van der Waals surface area contributed by atoms with Crippen LogP contribution < -0.4 is 5.73 Å². The Balaban J connectivity index is 3.22. The van der Waals surface area contributed by atoms with E-state index in [4.69, 9.17) is 5.73 Å². The zero-order valence-corrected chi connectivity index (χ0v) is 9.59. The molecule has 0 aromatic heterocycles. The van der Waals surface area contributed by atoms with Gasteiger partial charge in [0.05, 0.1) is 5.54 Å². The Bertz CT molecular complexity index is 360. The van der Waals surface area contributed by atoms with E-state index < -0.39 is 5.54 Å². The summed E-state index contributed by atoms with van der Waals surface area (Å²) in [5.74, 6) is 0. The summed E-state index contributed by atoms with van der Waals surface area (Å²) in [6.45, 7) is 7.92. The molecule has 80 valence electrons. The molecule has 0 bridgehead atoms. The lowest BCUT2D eigenvalue weighted by molar-refractivity contribution is 0.494. The molecule has 1 aromatic rings. The van der Waals surface area contributed by atoms with Crippen molar-refractivity contribution in [3.63, 3.8) is 0 Å². The average Bonchev–Trinajstić information content (AvgIpc) is 2.31. The number of hydrogen-bond acceptors (Lipinski definition) is 1. The third-order valence-electron chi connectivity index (χ3n) is 2.95. The lowest BCUT2D eigenvalue weighted by atomic mass is 9.80. The molecule has 0 aliphatic rings.